The number of nitrogens with zero attached hydrogens (tertiary/aromatic N) is 1. The molecule has 0 heterocycles. The highest BCUT2D eigenvalue weighted by Gasteiger charge is 2.38. The van der Waals surface area contributed by atoms with Gasteiger partial charge in [0.1, 0.15) is 0 Å². The van der Waals surface area contributed by atoms with Gasteiger partial charge in [-0.15, -0.1) is 0 Å². The highest BCUT2D eigenvalue weighted by molar-refractivity contribution is 6.31. The lowest BCUT2D eigenvalue weighted by atomic mass is 9.78. The minimum absolute atomic E-state index is 0.00522. The lowest BCUT2D eigenvalue weighted by Gasteiger charge is -2.30. The van der Waals surface area contributed by atoms with Gasteiger partial charge in [-0.2, -0.15) is 0 Å². The van der Waals surface area contributed by atoms with Gasteiger partial charge in [0.25, 0.3) is 0 Å². The molecule has 0 fully saturated rings. The summed E-state index contributed by atoms with van der Waals surface area (Å²) in [6, 6.07) is 93.1. The maximum absolute atomic E-state index is 6.77. The Bertz CT molecular complexity index is 5490. The van der Waals surface area contributed by atoms with E-state index >= 15 is 0 Å². The monoisotopic (exact) mass is 1620 g/mol. The zero-order valence-corrected chi connectivity index (χ0v) is 81.4. The molecule has 121 heavy (non-hydrogen) atoms. The number of anilines is 3. The summed E-state index contributed by atoms with van der Waals surface area (Å²) in [5.41, 5.74) is 41.2. The molecule has 0 saturated heterocycles. The topological polar surface area (TPSA) is 3.24 Å². The molecule has 2 heteroatoms. The maximum atomic E-state index is 6.77. The molecule has 0 aromatic heterocycles. The molecule has 0 N–H and O–H groups in total. The standard InChI is InChI=1S/C59H71N.C34H45Cl.C26H28/c1-54(2,3)42-22-24-47(25-23-42)60(48-26-27-51-50-20-18-19-21-52(50)59(16,17)53(51)37-48)49-33-38(40-29-43(55(4,5)6)35-44(30-40)56(7,8)9)28-39(34-49)41-31-45(57(10,11)12)36-46(32-41)58(13,14)15;1-31(2,3)26-14-24(15-27(20-26)32(4,5)6)22-13-23(19-30(35)18-22)25-16-28(33(7,8)9)21-29(17-25)34(10,11)12;1-25(2,3)20-13-10-18(11-14-20)16-19-12-15-22-21-8-6-7-9-23(21)26(4,5)24(22)17-19/h18-37H,1-17H3;13-21H,1-12H3;6-15,17H,16H2,1-5H3. The molecule has 0 spiro atoms. The second-order valence-corrected chi connectivity index (χ2v) is 47.3. The van der Waals surface area contributed by atoms with Crippen LogP contribution in [0.25, 0.3) is 66.8 Å². The molecule has 2 aliphatic rings. The Kier molecular flexibility index (Phi) is 24.4. The molecule has 12 aromatic carbocycles. The van der Waals surface area contributed by atoms with E-state index in [1.807, 2.05) is 0 Å². The zero-order chi connectivity index (χ0) is 89.0. The van der Waals surface area contributed by atoms with Crippen molar-refractivity contribution in [3.05, 3.63) is 337 Å². The van der Waals surface area contributed by atoms with Crippen LogP contribution in [0.1, 0.15) is 324 Å². The Morgan fingerprint density at radius 2 is 0.455 bits per heavy atom. The van der Waals surface area contributed by atoms with E-state index in [0.29, 0.717) is 0 Å². The van der Waals surface area contributed by atoms with Gasteiger partial charge in [-0.25, -0.2) is 0 Å². The fourth-order valence-electron chi connectivity index (χ4n) is 17.2. The molecule has 0 unspecified atom stereocenters. The molecule has 632 valence electrons. The van der Waals surface area contributed by atoms with E-state index < -0.39 is 0 Å². The number of rotatable bonds is 9. The van der Waals surface area contributed by atoms with Crippen molar-refractivity contribution in [2.75, 3.05) is 4.90 Å². The number of hydrogen-bond acceptors (Lipinski definition) is 1. The first kappa shape index (κ1) is 90.9. The average molecular weight is 1620 g/mol. The van der Waals surface area contributed by atoms with Crippen molar-refractivity contribution in [1.82, 2.24) is 0 Å². The van der Waals surface area contributed by atoms with Crippen molar-refractivity contribution in [3.63, 3.8) is 0 Å². The van der Waals surface area contributed by atoms with Gasteiger partial charge in [0.05, 0.1) is 0 Å². The third kappa shape index (κ3) is 20.2. The fraction of sp³-hybridized carbons (Fsp3) is 0.395. The van der Waals surface area contributed by atoms with Gasteiger partial charge in [-0.3, -0.25) is 0 Å². The summed E-state index contributed by atoms with van der Waals surface area (Å²) >= 11 is 6.77. The molecule has 1 nitrogen and oxygen atoms in total. The molecule has 0 radical (unpaired) electrons. The molecule has 0 bridgehead atoms. The lowest BCUT2D eigenvalue weighted by Crippen LogP contribution is -2.17. The van der Waals surface area contributed by atoms with Crippen LogP contribution in [0.5, 0.6) is 0 Å². The summed E-state index contributed by atoms with van der Waals surface area (Å²) < 4.78 is 0. The second-order valence-electron chi connectivity index (χ2n) is 46.9. The van der Waals surface area contributed by atoms with Crippen LogP contribution in [-0.4, -0.2) is 0 Å². The highest BCUT2D eigenvalue weighted by Crippen LogP contribution is 2.54. The van der Waals surface area contributed by atoms with Crippen LogP contribution in [-0.2, 0) is 71.4 Å². The van der Waals surface area contributed by atoms with Crippen LogP contribution in [0.4, 0.5) is 17.1 Å². The van der Waals surface area contributed by atoms with Gasteiger partial charge in [0, 0.05) is 32.9 Å². The molecule has 0 amide bonds. The average Bonchev–Trinajstić information content (AvgIpc) is 1.60. The Balaban J connectivity index is 0.000000185. The van der Waals surface area contributed by atoms with Crippen LogP contribution in [0, 0.1) is 0 Å². The third-order valence-electron chi connectivity index (χ3n) is 25.8. The summed E-state index contributed by atoms with van der Waals surface area (Å²) in [6.45, 7) is 78.6. The van der Waals surface area contributed by atoms with Gasteiger partial charge in [-0.1, -0.05) is 429 Å². The van der Waals surface area contributed by atoms with Gasteiger partial charge in [0.2, 0.25) is 0 Å². The van der Waals surface area contributed by atoms with E-state index in [9.17, 15) is 0 Å². The van der Waals surface area contributed by atoms with E-state index in [1.165, 1.54) is 161 Å². The first-order valence-electron chi connectivity index (χ1n) is 44.7. The zero-order valence-electron chi connectivity index (χ0n) is 80.6. The van der Waals surface area contributed by atoms with Gasteiger partial charge >= 0.3 is 0 Å². The van der Waals surface area contributed by atoms with Crippen molar-refractivity contribution >= 4 is 28.7 Å². The van der Waals surface area contributed by atoms with Crippen LogP contribution in [0.15, 0.2) is 243 Å². The van der Waals surface area contributed by atoms with E-state index in [0.717, 1.165) is 22.8 Å². The Morgan fingerprint density at radius 3 is 0.769 bits per heavy atom. The molecule has 2 aliphatic carbocycles. The van der Waals surface area contributed by atoms with Crippen molar-refractivity contribution in [2.45, 2.75) is 307 Å². The number of fused-ring (bicyclic) bond motifs is 6. The van der Waals surface area contributed by atoms with Crippen LogP contribution < -0.4 is 4.90 Å². The first-order chi connectivity index (χ1) is 55.6. The number of halogens is 1. The van der Waals surface area contributed by atoms with Gasteiger partial charge in [0.15, 0.2) is 0 Å². The largest absolute Gasteiger partial charge is 0.310 e. The molecule has 0 saturated carbocycles. The quantitative estimate of drug-likeness (QED) is 0.139. The summed E-state index contributed by atoms with van der Waals surface area (Å²) in [5, 5.41) is 0.773. The number of benzene rings is 12. The molecule has 0 aliphatic heterocycles. The van der Waals surface area contributed by atoms with Crippen molar-refractivity contribution in [2.24, 2.45) is 0 Å². The van der Waals surface area contributed by atoms with Crippen molar-refractivity contribution in [1.29, 1.82) is 0 Å². The Morgan fingerprint density at radius 1 is 0.207 bits per heavy atom. The summed E-state index contributed by atoms with van der Waals surface area (Å²) in [7, 11) is 0. The van der Waals surface area contributed by atoms with Crippen molar-refractivity contribution in [3.8, 4) is 66.8 Å². The predicted molar refractivity (Wildman–Crippen MR) is 532 cm³/mol. The summed E-state index contributed by atoms with van der Waals surface area (Å²) in [4.78, 5) is 2.51. The Hall–Kier alpha value is -9.27. The number of hydrogen-bond donors (Lipinski definition) is 0. The molecular weight excluding hydrogens is 1480 g/mol. The van der Waals surface area contributed by atoms with E-state index in [2.05, 4.69) is 483 Å². The summed E-state index contributed by atoms with van der Waals surface area (Å²) in [6.07, 6.45) is 0.990. The van der Waals surface area contributed by atoms with Crippen LogP contribution in [0.3, 0.4) is 0 Å². The van der Waals surface area contributed by atoms with Crippen LogP contribution >= 0.6 is 11.6 Å². The SMILES string of the molecule is CC(C)(C)c1cc(-c2cc(Cl)cc(-c3cc(C(C)(C)C)cc(C(C)(C)C)c3)c2)cc(C(C)(C)C)c1.CC(C)(C)c1ccc(Cc2ccc3c(c2)C(C)(C)c2ccccc2-3)cc1.CC(C)(C)c1ccc(N(c2cc(-c3cc(C(C)(C)C)cc(C(C)(C)C)c3)cc(-c3cc(C(C)(C)C)cc(C(C)(C)C)c3)c2)c2ccc3c(c2)C(C)(C)c2ccccc2-3)cc1. The lowest BCUT2D eigenvalue weighted by molar-refractivity contribution is 0.568. The van der Waals surface area contributed by atoms with E-state index in [1.54, 1.807) is 0 Å². The van der Waals surface area contributed by atoms with E-state index in [4.69, 9.17) is 11.6 Å². The second kappa shape index (κ2) is 32.4. The maximum Gasteiger partial charge on any atom is 0.0473 e. The molecule has 12 aromatic rings. The predicted octanol–water partition coefficient (Wildman–Crippen LogP) is 35.0. The highest BCUT2D eigenvalue weighted by atomic mass is 35.5. The van der Waals surface area contributed by atoms with Crippen LogP contribution in [0.2, 0.25) is 5.02 Å². The summed E-state index contributed by atoms with van der Waals surface area (Å²) in [5.74, 6) is 0. The smallest absolute Gasteiger partial charge is 0.0473 e. The first-order valence-corrected chi connectivity index (χ1v) is 45.1. The molecule has 14 rings (SSSR count). The van der Waals surface area contributed by atoms with E-state index in [-0.39, 0.29) is 65.0 Å². The fourth-order valence-corrected chi connectivity index (χ4v) is 17.5. The van der Waals surface area contributed by atoms with Crippen molar-refractivity contribution < 1.29 is 0 Å². The van der Waals surface area contributed by atoms with Gasteiger partial charge < -0.3 is 4.90 Å². The normalized spacial score (nSPS) is 14.1. The minimum atomic E-state index is -0.121. The Labute approximate surface area is 738 Å². The molecular formula is C119H144ClN. The molecule has 0 atom stereocenters. The third-order valence-corrected chi connectivity index (χ3v) is 26.0. The minimum Gasteiger partial charge on any atom is -0.310 e. The van der Waals surface area contributed by atoms with Gasteiger partial charge in [-0.05, 0) is 277 Å².